The molecule has 1 aliphatic heterocycles. The van der Waals surface area contributed by atoms with Gasteiger partial charge in [0.05, 0.1) is 12.7 Å². The molecule has 0 unspecified atom stereocenters. The molecule has 80 valence electrons. The lowest BCUT2D eigenvalue weighted by Gasteiger charge is -2.33. The summed E-state index contributed by atoms with van der Waals surface area (Å²) in [6.07, 6.45) is 1.22. The summed E-state index contributed by atoms with van der Waals surface area (Å²) in [6, 6.07) is 5.45. The Morgan fingerprint density at radius 3 is 2.67 bits per heavy atom. The largest absolute Gasteiger partial charge is 0.465 e. The van der Waals surface area contributed by atoms with E-state index in [1.165, 1.54) is 13.5 Å². The van der Waals surface area contributed by atoms with Crippen LogP contribution in [0.2, 0.25) is 0 Å². The zero-order valence-corrected chi connectivity index (χ0v) is 8.69. The maximum atomic E-state index is 11.3. The lowest BCUT2D eigenvalue weighted by Crippen LogP contribution is -2.37. The smallest absolute Gasteiger partial charge is 0.339 e. The standard InChI is InChI=1S/C11H14N2O2/c1-15-11(14)9-4-3-8(7-10(9)12)13-5-2-6-13/h3-4,7H,2,5-6,12H2,1H3. The number of esters is 1. The lowest BCUT2D eigenvalue weighted by molar-refractivity contribution is 0.0602. The predicted octanol–water partition coefficient (Wildman–Crippen LogP) is 1.27. The summed E-state index contributed by atoms with van der Waals surface area (Å²) in [5.41, 5.74) is 7.77. The molecule has 1 aromatic carbocycles. The molecule has 0 amide bonds. The van der Waals surface area contributed by atoms with E-state index in [0.29, 0.717) is 11.3 Å². The average molecular weight is 206 g/mol. The highest BCUT2D eigenvalue weighted by molar-refractivity contribution is 5.95. The minimum atomic E-state index is -0.386. The minimum absolute atomic E-state index is 0.386. The number of benzene rings is 1. The van der Waals surface area contributed by atoms with Crippen LogP contribution in [0.15, 0.2) is 18.2 Å². The molecule has 15 heavy (non-hydrogen) atoms. The van der Waals surface area contributed by atoms with Gasteiger partial charge in [-0.3, -0.25) is 0 Å². The van der Waals surface area contributed by atoms with Crippen molar-refractivity contribution in [3.05, 3.63) is 23.8 Å². The first-order valence-electron chi connectivity index (χ1n) is 4.95. The Morgan fingerprint density at radius 2 is 2.20 bits per heavy atom. The Morgan fingerprint density at radius 1 is 1.47 bits per heavy atom. The van der Waals surface area contributed by atoms with E-state index in [4.69, 9.17) is 5.73 Å². The maximum Gasteiger partial charge on any atom is 0.339 e. The molecule has 4 nitrogen and oxygen atoms in total. The van der Waals surface area contributed by atoms with Gasteiger partial charge in [-0.05, 0) is 24.6 Å². The van der Waals surface area contributed by atoms with Crippen LogP contribution in [0.1, 0.15) is 16.8 Å². The van der Waals surface area contributed by atoms with Crippen LogP contribution in [-0.2, 0) is 4.74 Å². The highest BCUT2D eigenvalue weighted by atomic mass is 16.5. The number of anilines is 2. The summed E-state index contributed by atoms with van der Waals surface area (Å²) in [6.45, 7) is 2.13. The number of ether oxygens (including phenoxy) is 1. The highest BCUT2D eigenvalue weighted by Gasteiger charge is 2.16. The number of nitrogen functional groups attached to an aromatic ring is 1. The van der Waals surface area contributed by atoms with Gasteiger partial charge in [0.2, 0.25) is 0 Å². The SMILES string of the molecule is COC(=O)c1ccc(N2CCC2)cc1N. The molecule has 1 aliphatic rings. The van der Waals surface area contributed by atoms with E-state index >= 15 is 0 Å². The molecule has 1 saturated heterocycles. The number of nitrogens with two attached hydrogens (primary N) is 1. The highest BCUT2D eigenvalue weighted by Crippen LogP contribution is 2.25. The van der Waals surface area contributed by atoms with Gasteiger partial charge in [0.25, 0.3) is 0 Å². The molecule has 0 atom stereocenters. The number of hydrogen-bond acceptors (Lipinski definition) is 4. The van der Waals surface area contributed by atoms with Gasteiger partial charge in [0, 0.05) is 24.5 Å². The molecule has 0 spiro atoms. The summed E-state index contributed by atoms with van der Waals surface area (Å²) < 4.78 is 4.63. The molecule has 0 saturated carbocycles. The van der Waals surface area contributed by atoms with Gasteiger partial charge in [0.1, 0.15) is 0 Å². The zero-order valence-electron chi connectivity index (χ0n) is 8.69. The predicted molar refractivity (Wildman–Crippen MR) is 59.0 cm³/mol. The van der Waals surface area contributed by atoms with Crippen molar-refractivity contribution in [2.24, 2.45) is 0 Å². The van der Waals surface area contributed by atoms with Gasteiger partial charge >= 0.3 is 5.97 Å². The van der Waals surface area contributed by atoms with Crippen molar-refractivity contribution >= 4 is 17.3 Å². The van der Waals surface area contributed by atoms with Crippen LogP contribution in [-0.4, -0.2) is 26.2 Å². The Hall–Kier alpha value is -1.71. The monoisotopic (exact) mass is 206 g/mol. The van der Waals surface area contributed by atoms with E-state index in [-0.39, 0.29) is 5.97 Å². The number of rotatable bonds is 2. The van der Waals surface area contributed by atoms with Crippen LogP contribution >= 0.6 is 0 Å². The Balaban J connectivity index is 2.25. The Labute approximate surface area is 88.6 Å². The summed E-state index contributed by atoms with van der Waals surface area (Å²) >= 11 is 0. The van der Waals surface area contributed by atoms with Crippen LogP contribution in [0.4, 0.5) is 11.4 Å². The third kappa shape index (κ3) is 1.75. The van der Waals surface area contributed by atoms with E-state index in [2.05, 4.69) is 9.64 Å². The van der Waals surface area contributed by atoms with Crippen molar-refractivity contribution < 1.29 is 9.53 Å². The molecular formula is C11H14N2O2. The second-order valence-corrected chi connectivity index (χ2v) is 3.60. The van der Waals surface area contributed by atoms with Gasteiger partial charge in [-0.1, -0.05) is 0 Å². The van der Waals surface area contributed by atoms with E-state index in [9.17, 15) is 4.79 Å². The Kier molecular flexibility index (Phi) is 2.49. The third-order valence-corrected chi connectivity index (χ3v) is 2.66. The molecule has 0 bridgehead atoms. The van der Waals surface area contributed by atoms with Gasteiger partial charge in [0.15, 0.2) is 0 Å². The molecule has 0 aromatic heterocycles. The van der Waals surface area contributed by atoms with Crippen LogP contribution < -0.4 is 10.6 Å². The van der Waals surface area contributed by atoms with E-state index in [1.54, 1.807) is 6.07 Å². The second kappa shape index (κ2) is 3.81. The topological polar surface area (TPSA) is 55.6 Å². The summed E-state index contributed by atoms with van der Waals surface area (Å²) in [4.78, 5) is 13.5. The van der Waals surface area contributed by atoms with Crippen LogP contribution in [0.25, 0.3) is 0 Å². The zero-order chi connectivity index (χ0) is 10.8. The second-order valence-electron chi connectivity index (χ2n) is 3.60. The van der Waals surface area contributed by atoms with Crippen molar-refractivity contribution in [3.63, 3.8) is 0 Å². The molecule has 4 heteroatoms. The normalized spacial score (nSPS) is 14.6. The maximum absolute atomic E-state index is 11.3. The Bertz CT molecular complexity index is 386. The van der Waals surface area contributed by atoms with Crippen molar-refractivity contribution in [1.82, 2.24) is 0 Å². The molecule has 2 N–H and O–H groups in total. The van der Waals surface area contributed by atoms with Gasteiger partial charge in [-0.25, -0.2) is 4.79 Å². The number of carbonyl (C=O) groups excluding carboxylic acids is 1. The van der Waals surface area contributed by atoms with Gasteiger partial charge < -0.3 is 15.4 Å². The van der Waals surface area contributed by atoms with Gasteiger partial charge in [-0.15, -0.1) is 0 Å². The fraction of sp³-hybridized carbons (Fsp3) is 0.364. The number of carbonyl (C=O) groups is 1. The summed E-state index contributed by atoms with van der Waals surface area (Å²) in [7, 11) is 1.35. The first-order valence-corrected chi connectivity index (χ1v) is 4.95. The molecule has 2 rings (SSSR count). The molecule has 1 fully saturated rings. The van der Waals surface area contributed by atoms with Gasteiger partial charge in [-0.2, -0.15) is 0 Å². The van der Waals surface area contributed by atoms with Crippen molar-refractivity contribution in [2.45, 2.75) is 6.42 Å². The quantitative estimate of drug-likeness (QED) is 0.584. The first kappa shape index (κ1) is 9.83. The first-order chi connectivity index (χ1) is 7.22. The average Bonchev–Trinajstić information content (AvgIpc) is 2.14. The van der Waals surface area contributed by atoms with E-state index in [0.717, 1.165) is 18.8 Å². The lowest BCUT2D eigenvalue weighted by atomic mass is 10.1. The van der Waals surface area contributed by atoms with Crippen LogP contribution in [0, 0.1) is 0 Å². The van der Waals surface area contributed by atoms with Crippen molar-refractivity contribution in [2.75, 3.05) is 30.8 Å². The molecule has 0 radical (unpaired) electrons. The molecule has 0 aliphatic carbocycles. The minimum Gasteiger partial charge on any atom is -0.465 e. The molecule has 1 aromatic rings. The van der Waals surface area contributed by atoms with Crippen molar-refractivity contribution in [1.29, 1.82) is 0 Å². The number of nitrogens with zero attached hydrogens (tertiary/aromatic N) is 1. The molecule has 1 heterocycles. The summed E-state index contributed by atoms with van der Waals surface area (Å²) in [5, 5.41) is 0. The van der Waals surface area contributed by atoms with E-state index < -0.39 is 0 Å². The van der Waals surface area contributed by atoms with Crippen LogP contribution in [0.3, 0.4) is 0 Å². The molecular weight excluding hydrogens is 192 g/mol. The summed E-state index contributed by atoms with van der Waals surface area (Å²) in [5.74, 6) is -0.386. The fourth-order valence-electron chi connectivity index (χ4n) is 1.62. The van der Waals surface area contributed by atoms with Crippen LogP contribution in [0.5, 0.6) is 0 Å². The number of hydrogen-bond donors (Lipinski definition) is 1. The fourth-order valence-corrected chi connectivity index (χ4v) is 1.62. The third-order valence-electron chi connectivity index (χ3n) is 2.66. The van der Waals surface area contributed by atoms with Crippen molar-refractivity contribution in [3.8, 4) is 0 Å². The van der Waals surface area contributed by atoms with E-state index in [1.807, 2.05) is 12.1 Å². The number of methoxy groups -OCH3 is 1.